The average molecular weight is 303 g/mol. The van der Waals surface area contributed by atoms with Gasteiger partial charge in [0.2, 0.25) is 5.91 Å². The van der Waals surface area contributed by atoms with Crippen molar-refractivity contribution in [1.29, 1.82) is 0 Å². The van der Waals surface area contributed by atoms with Crippen molar-refractivity contribution >= 4 is 35.1 Å². The lowest BCUT2D eigenvalue weighted by molar-refractivity contribution is -0.124. The van der Waals surface area contributed by atoms with E-state index in [0.29, 0.717) is 35.9 Å². The third-order valence-corrected chi connectivity index (χ3v) is 3.56. The van der Waals surface area contributed by atoms with Crippen molar-refractivity contribution < 1.29 is 9.53 Å². The highest BCUT2D eigenvalue weighted by atomic mass is 35.5. The smallest absolute Gasteiger partial charge is 0.244 e. The van der Waals surface area contributed by atoms with E-state index in [1.54, 1.807) is 13.1 Å². The molecule has 1 aromatic heterocycles. The number of amides is 1. The first kappa shape index (κ1) is 14.4. The van der Waals surface area contributed by atoms with Gasteiger partial charge < -0.3 is 15.0 Å². The molecule has 1 aliphatic heterocycles. The van der Waals surface area contributed by atoms with Gasteiger partial charge in [-0.05, 0) is 6.26 Å². The van der Waals surface area contributed by atoms with E-state index >= 15 is 0 Å². The van der Waals surface area contributed by atoms with Crippen molar-refractivity contribution in [2.75, 3.05) is 38.0 Å². The number of nitrogens with one attached hydrogen (secondary N) is 1. The number of likely N-dealkylation sites (N-methyl/N-ethyl adjacent to an activating group) is 1. The van der Waals surface area contributed by atoms with Gasteiger partial charge in [-0.15, -0.1) is 0 Å². The van der Waals surface area contributed by atoms with Crippen LogP contribution in [0.2, 0.25) is 5.15 Å². The largest absolute Gasteiger partial charge is 0.377 e. The highest BCUT2D eigenvalue weighted by Crippen LogP contribution is 2.23. The molecule has 0 aromatic carbocycles. The molecule has 2 rings (SSSR count). The van der Waals surface area contributed by atoms with E-state index in [-0.39, 0.29) is 11.9 Å². The summed E-state index contributed by atoms with van der Waals surface area (Å²) in [6.45, 7) is 1.50. The Hall–Kier alpha value is -1.05. The monoisotopic (exact) mass is 302 g/mol. The third-order valence-electron chi connectivity index (χ3n) is 2.82. The molecule has 1 atom stereocenters. The fourth-order valence-electron chi connectivity index (χ4n) is 1.89. The molecule has 1 fully saturated rings. The fourth-order valence-corrected chi connectivity index (χ4v) is 2.49. The van der Waals surface area contributed by atoms with Gasteiger partial charge in [-0.1, -0.05) is 23.4 Å². The van der Waals surface area contributed by atoms with Crippen molar-refractivity contribution in [3.8, 4) is 0 Å². The van der Waals surface area contributed by atoms with Crippen LogP contribution in [-0.4, -0.2) is 55.0 Å². The van der Waals surface area contributed by atoms with Gasteiger partial charge in [0.15, 0.2) is 5.16 Å². The zero-order valence-electron chi connectivity index (χ0n) is 10.7. The summed E-state index contributed by atoms with van der Waals surface area (Å²) in [4.78, 5) is 22.3. The molecule has 19 heavy (non-hydrogen) atoms. The Balaban J connectivity index is 2.31. The molecule has 1 saturated heterocycles. The highest BCUT2D eigenvalue weighted by molar-refractivity contribution is 7.98. The van der Waals surface area contributed by atoms with Gasteiger partial charge in [0.25, 0.3) is 0 Å². The molecule has 1 aromatic rings. The number of thioether (sulfide) groups is 1. The van der Waals surface area contributed by atoms with Crippen LogP contribution in [0.3, 0.4) is 0 Å². The summed E-state index contributed by atoms with van der Waals surface area (Å²) >= 11 is 7.40. The molecule has 8 heteroatoms. The summed E-state index contributed by atoms with van der Waals surface area (Å²) in [5.41, 5.74) is 0. The van der Waals surface area contributed by atoms with Gasteiger partial charge in [0.05, 0.1) is 13.2 Å². The predicted octanol–water partition coefficient (Wildman–Crippen LogP) is 0.803. The van der Waals surface area contributed by atoms with Crippen LogP contribution in [0, 0.1) is 0 Å². The summed E-state index contributed by atoms with van der Waals surface area (Å²) in [5, 5.41) is 3.59. The molecule has 6 nitrogen and oxygen atoms in total. The maximum atomic E-state index is 11.9. The number of carbonyl (C=O) groups excluding carboxylic acids is 1. The Morgan fingerprint density at radius 1 is 1.63 bits per heavy atom. The number of nitrogens with zero attached hydrogens (tertiary/aromatic N) is 3. The Morgan fingerprint density at radius 2 is 2.42 bits per heavy atom. The first-order chi connectivity index (χ1) is 9.15. The number of carbonyl (C=O) groups is 1. The van der Waals surface area contributed by atoms with Crippen molar-refractivity contribution in [3.63, 3.8) is 0 Å². The minimum absolute atomic E-state index is 0.0971. The standard InChI is InChI=1S/C11H15ClN4O2S/c1-13-10(17)7-6-18-4-3-16(7)9-5-8(12)14-11(15-9)19-2/h5,7H,3-4,6H2,1-2H3,(H,13,17). The van der Waals surface area contributed by atoms with Gasteiger partial charge in [-0.3, -0.25) is 4.79 Å². The number of morpholine rings is 1. The predicted molar refractivity (Wildman–Crippen MR) is 74.8 cm³/mol. The average Bonchev–Trinajstić information content (AvgIpc) is 2.45. The molecular weight excluding hydrogens is 288 g/mol. The second kappa shape index (κ2) is 6.40. The molecule has 1 N–H and O–H groups in total. The van der Waals surface area contributed by atoms with Crippen LogP contribution in [0.15, 0.2) is 11.2 Å². The summed E-state index contributed by atoms with van der Waals surface area (Å²) < 4.78 is 5.36. The summed E-state index contributed by atoms with van der Waals surface area (Å²) in [6, 6.07) is 1.28. The SMILES string of the molecule is CNC(=O)C1COCCN1c1cc(Cl)nc(SC)n1. The fraction of sp³-hybridized carbons (Fsp3) is 0.545. The molecule has 1 unspecified atom stereocenters. The Bertz CT molecular complexity index is 474. The van der Waals surface area contributed by atoms with Crippen LogP contribution in [-0.2, 0) is 9.53 Å². The van der Waals surface area contributed by atoms with Gasteiger partial charge in [-0.25, -0.2) is 9.97 Å². The van der Waals surface area contributed by atoms with Crippen molar-refractivity contribution in [2.45, 2.75) is 11.2 Å². The minimum Gasteiger partial charge on any atom is -0.377 e. The number of ether oxygens (including phenoxy) is 1. The Kier molecular flexibility index (Phi) is 4.84. The van der Waals surface area contributed by atoms with Gasteiger partial charge in [0, 0.05) is 19.7 Å². The summed E-state index contributed by atoms with van der Waals surface area (Å²) in [5.74, 6) is 0.557. The second-order valence-corrected chi connectivity index (χ2v) is 5.09. The Morgan fingerprint density at radius 3 is 3.11 bits per heavy atom. The summed E-state index contributed by atoms with van der Waals surface area (Å²) in [6.07, 6.45) is 1.88. The number of anilines is 1. The van der Waals surface area contributed by atoms with E-state index < -0.39 is 0 Å². The number of aromatic nitrogens is 2. The molecule has 2 heterocycles. The van der Waals surface area contributed by atoms with Crippen LogP contribution >= 0.6 is 23.4 Å². The van der Waals surface area contributed by atoms with E-state index in [4.69, 9.17) is 16.3 Å². The molecular formula is C11H15ClN4O2S. The van der Waals surface area contributed by atoms with Crippen LogP contribution < -0.4 is 10.2 Å². The molecule has 0 aliphatic carbocycles. The van der Waals surface area contributed by atoms with Crippen LogP contribution in [0.1, 0.15) is 0 Å². The number of hydrogen-bond acceptors (Lipinski definition) is 6. The van der Waals surface area contributed by atoms with E-state index in [0.717, 1.165) is 0 Å². The van der Waals surface area contributed by atoms with Crippen molar-refractivity contribution in [1.82, 2.24) is 15.3 Å². The zero-order chi connectivity index (χ0) is 13.8. The molecule has 0 spiro atoms. The van der Waals surface area contributed by atoms with E-state index in [2.05, 4.69) is 15.3 Å². The topological polar surface area (TPSA) is 67.3 Å². The van der Waals surface area contributed by atoms with Crippen LogP contribution in [0.5, 0.6) is 0 Å². The zero-order valence-corrected chi connectivity index (χ0v) is 12.3. The molecule has 1 aliphatic rings. The lowest BCUT2D eigenvalue weighted by Gasteiger charge is -2.35. The second-order valence-electron chi connectivity index (χ2n) is 3.93. The minimum atomic E-state index is -0.389. The lowest BCUT2D eigenvalue weighted by atomic mass is 10.2. The Labute approximate surface area is 120 Å². The van der Waals surface area contributed by atoms with Crippen LogP contribution in [0.4, 0.5) is 5.82 Å². The molecule has 1 amide bonds. The first-order valence-electron chi connectivity index (χ1n) is 5.80. The van der Waals surface area contributed by atoms with Gasteiger partial charge >= 0.3 is 0 Å². The lowest BCUT2D eigenvalue weighted by Crippen LogP contribution is -2.53. The third kappa shape index (κ3) is 3.29. The van der Waals surface area contributed by atoms with Crippen molar-refractivity contribution in [3.05, 3.63) is 11.2 Å². The summed E-state index contributed by atoms with van der Waals surface area (Å²) in [7, 11) is 1.61. The van der Waals surface area contributed by atoms with Crippen molar-refractivity contribution in [2.24, 2.45) is 0 Å². The molecule has 0 bridgehead atoms. The highest BCUT2D eigenvalue weighted by Gasteiger charge is 2.30. The molecule has 0 radical (unpaired) electrons. The maximum Gasteiger partial charge on any atom is 0.244 e. The van der Waals surface area contributed by atoms with Gasteiger partial charge in [-0.2, -0.15) is 0 Å². The van der Waals surface area contributed by atoms with E-state index in [1.165, 1.54) is 11.8 Å². The molecule has 104 valence electrons. The molecule has 0 saturated carbocycles. The number of rotatable bonds is 3. The van der Waals surface area contributed by atoms with Gasteiger partial charge in [0.1, 0.15) is 17.0 Å². The van der Waals surface area contributed by atoms with E-state index in [1.807, 2.05) is 11.2 Å². The first-order valence-corrected chi connectivity index (χ1v) is 7.40. The maximum absolute atomic E-state index is 11.9. The normalized spacial score (nSPS) is 19.3. The van der Waals surface area contributed by atoms with Crippen LogP contribution in [0.25, 0.3) is 0 Å². The number of hydrogen-bond donors (Lipinski definition) is 1. The number of halogens is 1. The van der Waals surface area contributed by atoms with E-state index in [9.17, 15) is 4.79 Å². The quantitative estimate of drug-likeness (QED) is 0.506.